The third kappa shape index (κ3) is 20.5. The molecule has 0 radical (unpaired) electrons. The van der Waals surface area contributed by atoms with Gasteiger partial charge < -0.3 is 15.8 Å². The van der Waals surface area contributed by atoms with Crippen LogP contribution in [-0.2, 0) is 14.3 Å². The molecule has 0 aliphatic carbocycles. The van der Waals surface area contributed by atoms with Gasteiger partial charge in [-0.15, -0.1) is 12.4 Å². The second kappa shape index (κ2) is 24.5. The first-order chi connectivity index (χ1) is 14.2. The molecule has 6 heteroatoms. The number of amides is 1. The summed E-state index contributed by atoms with van der Waals surface area (Å²) < 4.78 is 5.07. The molecule has 1 unspecified atom stereocenters. The second-order valence-corrected chi connectivity index (χ2v) is 8.15. The van der Waals surface area contributed by atoms with Gasteiger partial charge in [0.2, 0.25) is 5.91 Å². The summed E-state index contributed by atoms with van der Waals surface area (Å²) in [6.45, 7) is 4.98. The lowest BCUT2D eigenvalue weighted by Gasteiger charge is -2.17. The predicted octanol–water partition coefficient (Wildman–Crippen LogP) is 6.07. The number of nitrogens with one attached hydrogen (secondary N) is 1. The van der Waals surface area contributed by atoms with Crippen molar-refractivity contribution in [3.63, 3.8) is 0 Å². The van der Waals surface area contributed by atoms with Gasteiger partial charge in [-0.2, -0.15) is 0 Å². The van der Waals surface area contributed by atoms with E-state index in [0.717, 1.165) is 25.7 Å². The maximum absolute atomic E-state index is 12.2. The molecule has 1 atom stereocenters. The molecule has 0 aliphatic heterocycles. The van der Waals surface area contributed by atoms with Crippen LogP contribution in [0.5, 0.6) is 0 Å². The molecule has 3 N–H and O–H groups in total. The first-order valence-corrected chi connectivity index (χ1v) is 12.3. The lowest BCUT2D eigenvalue weighted by atomic mass is 10.0. The van der Waals surface area contributed by atoms with Gasteiger partial charge in [0, 0.05) is 6.42 Å². The zero-order valence-corrected chi connectivity index (χ0v) is 20.5. The number of hydrogen-bond acceptors (Lipinski definition) is 4. The zero-order chi connectivity index (χ0) is 21.6. The molecule has 0 fully saturated rings. The van der Waals surface area contributed by atoms with Crippen LogP contribution in [-0.4, -0.2) is 31.1 Å². The minimum atomic E-state index is -0.532. The highest BCUT2D eigenvalue weighted by atomic mass is 35.5. The minimum absolute atomic E-state index is 0. The summed E-state index contributed by atoms with van der Waals surface area (Å²) >= 11 is 0. The predicted molar refractivity (Wildman–Crippen MR) is 129 cm³/mol. The molecule has 0 aromatic rings. The molecular formula is C24H49ClN2O3. The number of carbonyl (C=O) groups is 2. The highest BCUT2D eigenvalue weighted by molar-refractivity contribution is 5.85. The first kappa shape index (κ1) is 31.4. The quantitative estimate of drug-likeness (QED) is 0.165. The van der Waals surface area contributed by atoms with Gasteiger partial charge in [-0.25, -0.2) is 4.79 Å². The molecule has 0 saturated heterocycles. The molecule has 5 nitrogen and oxygen atoms in total. The number of esters is 1. The zero-order valence-electron chi connectivity index (χ0n) is 19.7. The topological polar surface area (TPSA) is 81.4 Å². The van der Waals surface area contributed by atoms with Crippen LogP contribution in [0.15, 0.2) is 0 Å². The summed E-state index contributed by atoms with van der Waals surface area (Å²) in [5.41, 5.74) is 5.51. The van der Waals surface area contributed by atoms with Crippen LogP contribution in [0.1, 0.15) is 123 Å². The standard InChI is InChI=1S/C24H48N2O3.ClH/c1-3-5-6-7-8-9-10-11-12-13-14-15-16-20-23(27)26-22(19-17-18-21-25)24(28)29-4-2;/h22H,3-21,25H2,1-2H3,(H,26,27);1H. The van der Waals surface area contributed by atoms with E-state index in [1.54, 1.807) is 6.92 Å². The van der Waals surface area contributed by atoms with E-state index in [1.165, 1.54) is 70.6 Å². The summed E-state index contributed by atoms with van der Waals surface area (Å²) in [5.74, 6) is -0.373. The second-order valence-electron chi connectivity index (χ2n) is 8.15. The van der Waals surface area contributed by atoms with Crippen LogP contribution in [0.4, 0.5) is 0 Å². The number of unbranched alkanes of at least 4 members (excludes halogenated alkanes) is 13. The molecule has 0 rings (SSSR count). The van der Waals surface area contributed by atoms with E-state index in [0.29, 0.717) is 26.0 Å². The van der Waals surface area contributed by atoms with Gasteiger partial charge in [-0.1, -0.05) is 84.0 Å². The van der Waals surface area contributed by atoms with Crippen molar-refractivity contribution in [2.75, 3.05) is 13.2 Å². The number of carbonyl (C=O) groups excluding carboxylic acids is 2. The van der Waals surface area contributed by atoms with Gasteiger partial charge in [0.05, 0.1) is 6.61 Å². The number of ether oxygens (including phenoxy) is 1. The highest BCUT2D eigenvalue weighted by Crippen LogP contribution is 2.13. The van der Waals surface area contributed by atoms with E-state index >= 15 is 0 Å². The van der Waals surface area contributed by atoms with Crippen molar-refractivity contribution in [1.29, 1.82) is 0 Å². The van der Waals surface area contributed by atoms with Gasteiger partial charge in [0.1, 0.15) is 6.04 Å². The van der Waals surface area contributed by atoms with Crippen molar-refractivity contribution < 1.29 is 14.3 Å². The molecule has 1 amide bonds. The summed E-state index contributed by atoms with van der Waals surface area (Å²) in [5, 5.41) is 2.85. The Morgan fingerprint density at radius 3 is 1.73 bits per heavy atom. The third-order valence-corrected chi connectivity index (χ3v) is 5.36. The van der Waals surface area contributed by atoms with Crippen molar-refractivity contribution in [2.45, 2.75) is 129 Å². The minimum Gasteiger partial charge on any atom is -0.464 e. The van der Waals surface area contributed by atoms with Crippen LogP contribution in [0.3, 0.4) is 0 Å². The largest absolute Gasteiger partial charge is 0.464 e. The fourth-order valence-corrected chi connectivity index (χ4v) is 3.55. The Balaban J connectivity index is 0. The summed E-state index contributed by atoms with van der Waals surface area (Å²) in [4.78, 5) is 24.1. The Morgan fingerprint density at radius 2 is 1.27 bits per heavy atom. The summed E-state index contributed by atoms with van der Waals surface area (Å²) in [7, 11) is 0. The molecular weight excluding hydrogens is 400 g/mol. The van der Waals surface area contributed by atoms with Crippen molar-refractivity contribution in [1.82, 2.24) is 5.32 Å². The smallest absolute Gasteiger partial charge is 0.328 e. The SMILES string of the molecule is CCCCCCCCCCCCCCCC(=O)NC(CCCCN)C(=O)OCC.Cl. The Kier molecular flexibility index (Phi) is 25.6. The van der Waals surface area contributed by atoms with Gasteiger partial charge in [-0.05, 0) is 39.2 Å². The number of hydrogen-bond donors (Lipinski definition) is 2. The molecule has 0 heterocycles. The van der Waals surface area contributed by atoms with Gasteiger partial charge in [-0.3, -0.25) is 4.79 Å². The van der Waals surface area contributed by atoms with Crippen LogP contribution >= 0.6 is 12.4 Å². The maximum Gasteiger partial charge on any atom is 0.328 e. The van der Waals surface area contributed by atoms with E-state index in [-0.39, 0.29) is 24.3 Å². The number of rotatable bonds is 21. The maximum atomic E-state index is 12.2. The van der Waals surface area contributed by atoms with Crippen LogP contribution in [0.2, 0.25) is 0 Å². The monoisotopic (exact) mass is 448 g/mol. The summed E-state index contributed by atoms with van der Waals surface area (Å²) in [6, 6.07) is -0.532. The highest BCUT2D eigenvalue weighted by Gasteiger charge is 2.21. The molecule has 0 aromatic heterocycles. The average molecular weight is 449 g/mol. The number of halogens is 1. The molecule has 0 bridgehead atoms. The molecule has 0 aromatic carbocycles. The van der Waals surface area contributed by atoms with Crippen molar-refractivity contribution in [3.05, 3.63) is 0 Å². The fraction of sp³-hybridized carbons (Fsp3) is 0.917. The lowest BCUT2D eigenvalue weighted by molar-refractivity contribution is -0.147. The summed E-state index contributed by atoms with van der Waals surface area (Å²) in [6.07, 6.45) is 19.5. The van der Waals surface area contributed by atoms with E-state index in [9.17, 15) is 9.59 Å². The average Bonchev–Trinajstić information content (AvgIpc) is 2.71. The van der Waals surface area contributed by atoms with E-state index in [2.05, 4.69) is 12.2 Å². The third-order valence-electron chi connectivity index (χ3n) is 5.36. The normalized spacial score (nSPS) is 11.6. The van der Waals surface area contributed by atoms with Crippen LogP contribution in [0.25, 0.3) is 0 Å². The van der Waals surface area contributed by atoms with Gasteiger partial charge >= 0.3 is 5.97 Å². The lowest BCUT2D eigenvalue weighted by Crippen LogP contribution is -2.41. The van der Waals surface area contributed by atoms with Crippen molar-refractivity contribution >= 4 is 24.3 Å². The fourth-order valence-electron chi connectivity index (χ4n) is 3.55. The van der Waals surface area contributed by atoms with Crippen molar-refractivity contribution in [2.24, 2.45) is 5.73 Å². The molecule has 180 valence electrons. The molecule has 0 saturated carbocycles. The molecule has 30 heavy (non-hydrogen) atoms. The van der Waals surface area contributed by atoms with E-state index in [1.807, 2.05) is 0 Å². The molecule has 0 spiro atoms. The molecule has 0 aliphatic rings. The van der Waals surface area contributed by atoms with Crippen LogP contribution < -0.4 is 11.1 Å². The van der Waals surface area contributed by atoms with E-state index in [4.69, 9.17) is 10.5 Å². The number of nitrogens with two attached hydrogens (primary N) is 1. The van der Waals surface area contributed by atoms with Gasteiger partial charge in [0.25, 0.3) is 0 Å². The Morgan fingerprint density at radius 1 is 0.767 bits per heavy atom. The van der Waals surface area contributed by atoms with Crippen molar-refractivity contribution in [3.8, 4) is 0 Å². The van der Waals surface area contributed by atoms with Gasteiger partial charge in [0.15, 0.2) is 0 Å². The Hall–Kier alpha value is -0.810. The Labute approximate surface area is 192 Å². The first-order valence-electron chi connectivity index (χ1n) is 12.3. The van der Waals surface area contributed by atoms with Crippen LogP contribution in [0, 0.1) is 0 Å². The Bertz CT molecular complexity index is 395. The van der Waals surface area contributed by atoms with E-state index < -0.39 is 6.04 Å².